The van der Waals surface area contributed by atoms with Gasteiger partial charge in [0.15, 0.2) is 14.5 Å². The van der Waals surface area contributed by atoms with Gasteiger partial charge in [-0.25, -0.2) is 4.79 Å². The van der Waals surface area contributed by atoms with E-state index < -0.39 is 20.2 Å². The van der Waals surface area contributed by atoms with Crippen molar-refractivity contribution in [1.29, 1.82) is 0 Å². The molecule has 9 heteroatoms. The number of H-pyrrole nitrogens is 1. The molecule has 1 fully saturated rings. The van der Waals surface area contributed by atoms with Gasteiger partial charge in [0.1, 0.15) is 0 Å². The van der Waals surface area contributed by atoms with E-state index in [2.05, 4.69) is 38.8 Å². The number of hydrogen-bond donors (Lipinski definition) is 1. The summed E-state index contributed by atoms with van der Waals surface area (Å²) in [4.78, 5) is 32.7. The Kier molecular flexibility index (Phi) is 8.12. The third-order valence-electron chi connectivity index (χ3n) is 6.60. The van der Waals surface area contributed by atoms with Crippen molar-refractivity contribution in [3.63, 3.8) is 0 Å². The zero-order valence-electron chi connectivity index (χ0n) is 20.6. The summed E-state index contributed by atoms with van der Waals surface area (Å²) in [6.07, 6.45) is 1.62. The summed E-state index contributed by atoms with van der Waals surface area (Å²) in [5.74, 6) is 0. The molecule has 1 aliphatic rings. The average molecular weight is 476 g/mol. The summed E-state index contributed by atoms with van der Waals surface area (Å²) >= 11 is 0. The number of nitrogens with one attached hydrogen (secondary N) is 1. The number of hydroxylamine groups is 2. The maximum Gasteiger partial charge on any atom is 0.330 e. The molecule has 1 saturated heterocycles. The molecule has 2 unspecified atom stereocenters. The van der Waals surface area contributed by atoms with E-state index in [4.69, 9.17) is 14.0 Å². The molecule has 1 aromatic heterocycles. The lowest BCUT2D eigenvalue weighted by atomic mass is 10.2. The summed E-state index contributed by atoms with van der Waals surface area (Å²) in [6, 6.07) is 9.97. The highest BCUT2D eigenvalue weighted by molar-refractivity contribution is 6.74. The molecule has 3 rings (SSSR count). The Bertz CT molecular complexity index is 1030. The number of aryl methyl sites for hydroxylation is 1. The minimum Gasteiger partial charge on any atom is -0.415 e. The van der Waals surface area contributed by atoms with Gasteiger partial charge in [0, 0.05) is 31.3 Å². The van der Waals surface area contributed by atoms with Crippen LogP contribution in [0.3, 0.4) is 0 Å². The van der Waals surface area contributed by atoms with E-state index in [1.165, 1.54) is 4.57 Å². The fourth-order valence-corrected chi connectivity index (χ4v) is 4.52. The zero-order chi connectivity index (χ0) is 24.2. The van der Waals surface area contributed by atoms with Crippen molar-refractivity contribution >= 4 is 8.32 Å². The molecule has 0 amide bonds. The van der Waals surface area contributed by atoms with Crippen LogP contribution in [0.1, 0.15) is 44.5 Å². The van der Waals surface area contributed by atoms with Crippen LogP contribution < -0.4 is 11.2 Å². The van der Waals surface area contributed by atoms with Crippen molar-refractivity contribution in [2.45, 2.75) is 71.1 Å². The van der Waals surface area contributed by atoms with E-state index in [-0.39, 0.29) is 16.6 Å². The van der Waals surface area contributed by atoms with E-state index in [0.717, 1.165) is 5.56 Å². The molecule has 2 heterocycles. The normalized spacial score (nSPS) is 19.8. The minimum absolute atomic E-state index is 0.0409. The predicted octanol–water partition coefficient (Wildman–Crippen LogP) is 3.59. The van der Waals surface area contributed by atoms with Crippen molar-refractivity contribution in [2.24, 2.45) is 0 Å². The second-order valence-electron chi connectivity index (χ2n) is 10.2. The van der Waals surface area contributed by atoms with Crippen molar-refractivity contribution in [3.8, 4) is 0 Å². The van der Waals surface area contributed by atoms with Gasteiger partial charge in [-0.1, -0.05) is 51.1 Å². The second-order valence-corrected chi connectivity index (χ2v) is 15.0. The van der Waals surface area contributed by atoms with Crippen molar-refractivity contribution < 1.29 is 14.0 Å². The Hall–Kier alpha value is -2.04. The van der Waals surface area contributed by atoms with Crippen LogP contribution in [0.4, 0.5) is 0 Å². The maximum atomic E-state index is 12.4. The van der Waals surface area contributed by atoms with Gasteiger partial charge in [0.05, 0.1) is 19.3 Å². The number of aromatic nitrogens is 2. The minimum atomic E-state index is -1.88. The molecule has 0 saturated carbocycles. The first kappa shape index (κ1) is 25.6. The van der Waals surface area contributed by atoms with Gasteiger partial charge in [-0.2, -0.15) is 5.06 Å². The van der Waals surface area contributed by atoms with Gasteiger partial charge in [0.25, 0.3) is 5.56 Å². The number of rotatable bonds is 9. The Morgan fingerprint density at radius 1 is 1.18 bits per heavy atom. The Balaban J connectivity index is 1.69. The molecule has 182 valence electrons. The van der Waals surface area contributed by atoms with Crippen LogP contribution in [-0.2, 0) is 20.6 Å². The van der Waals surface area contributed by atoms with Crippen molar-refractivity contribution in [3.05, 3.63) is 68.5 Å². The average Bonchev–Trinajstić information content (AvgIpc) is 3.13. The highest BCUT2D eigenvalue weighted by Crippen LogP contribution is 2.36. The summed E-state index contributed by atoms with van der Waals surface area (Å²) in [5.41, 5.74) is 0.721. The predicted molar refractivity (Wildman–Crippen MR) is 131 cm³/mol. The lowest BCUT2D eigenvalue weighted by molar-refractivity contribution is -0.193. The molecular formula is C24H37N3O5Si. The first-order chi connectivity index (χ1) is 15.5. The molecule has 1 N–H and O–H groups in total. The fourth-order valence-electron chi connectivity index (χ4n) is 3.48. The Morgan fingerprint density at radius 2 is 1.88 bits per heavy atom. The lowest BCUT2D eigenvalue weighted by Gasteiger charge is -2.36. The Morgan fingerprint density at radius 3 is 2.55 bits per heavy atom. The highest BCUT2D eigenvalue weighted by atomic mass is 28.4. The standard InChI is InChI=1S/C24H37N3O5Si/c1-18-15-26(23(29)25-22(18)28)21-14-20(17-30-16-19-10-8-7-9-11-19)27(32-21)12-13-31-33(5,6)24(2,3)4/h7-11,15,20-21H,12-14,16-17H2,1-6H3,(H,25,28,29). The number of nitrogens with zero attached hydrogens (tertiary/aromatic N) is 2. The van der Waals surface area contributed by atoms with Gasteiger partial charge in [-0.05, 0) is 30.6 Å². The SMILES string of the molecule is Cc1cn(C2CC(COCc3ccccc3)N(CCO[Si](C)(C)C(C)(C)C)O2)c(=O)[nH]c1=O. The third kappa shape index (κ3) is 6.51. The molecule has 0 aliphatic carbocycles. The third-order valence-corrected chi connectivity index (χ3v) is 11.1. The topological polar surface area (TPSA) is 85.8 Å². The maximum absolute atomic E-state index is 12.4. The summed E-state index contributed by atoms with van der Waals surface area (Å²) in [5, 5.41) is 2.00. The largest absolute Gasteiger partial charge is 0.415 e. The Labute approximate surface area is 196 Å². The van der Waals surface area contributed by atoms with Gasteiger partial charge < -0.3 is 9.16 Å². The van der Waals surface area contributed by atoms with Gasteiger partial charge in [-0.3, -0.25) is 19.2 Å². The van der Waals surface area contributed by atoms with E-state index in [0.29, 0.717) is 38.3 Å². The van der Waals surface area contributed by atoms with E-state index in [1.54, 1.807) is 13.1 Å². The molecule has 33 heavy (non-hydrogen) atoms. The number of hydrogen-bond acceptors (Lipinski definition) is 6. The quantitative estimate of drug-likeness (QED) is 0.558. The van der Waals surface area contributed by atoms with Crippen molar-refractivity contribution in [2.75, 3.05) is 19.8 Å². The molecule has 0 spiro atoms. The van der Waals surface area contributed by atoms with Gasteiger partial charge in [-0.15, -0.1) is 0 Å². The van der Waals surface area contributed by atoms with Crippen LogP contribution in [0.5, 0.6) is 0 Å². The van der Waals surface area contributed by atoms with Gasteiger partial charge in [0.2, 0.25) is 0 Å². The molecule has 0 radical (unpaired) electrons. The second kappa shape index (κ2) is 10.5. The fraction of sp³-hybridized carbons (Fsp3) is 0.583. The smallest absolute Gasteiger partial charge is 0.330 e. The molecule has 0 bridgehead atoms. The summed E-state index contributed by atoms with van der Waals surface area (Å²) < 4.78 is 13.8. The first-order valence-corrected chi connectivity index (χ1v) is 14.4. The van der Waals surface area contributed by atoms with Crippen LogP contribution in [0.25, 0.3) is 0 Å². The molecule has 1 aliphatic heterocycles. The number of ether oxygens (including phenoxy) is 1. The molecule has 2 atom stereocenters. The van der Waals surface area contributed by atoms with E-state index >= 15 is 0 Å². The van der Waals surface area contributed by atoms with Crippen LogP contribution in [-0.4, -0.2) is 48.7 Å². The molecule has 1 aromatic carbocycles. The molecule has 8 nitrogen and oxygen atoms in total. The highest BCUT2D eigenvalue weighted by Gasteiger charge is 2.39. The van der Waals surface area contributed by atoms with E-state index in [9.17, 15) is 9.59 Å². The lowest BCUT2D eigenvalue weighted by Crippen LogP contribution is -2.43. The van der Waals surface area contributed by atoms with Crippen LogP contribution in [0, 0.1) is 6.92 Å². The summed E-state index contributed by atoms with van der Waals surface area (Å²) in [7, 11) is -1.88. The van der Waals surface area contributed by atoms with Crippen LogP contribution in [0.15, 0.2) is 46.1 Å². The van der Waals surface area contributed by atoms with Crippen LogP contribution >= 0.6 is 0 Å². The summed E-state index contributed by atoms with van der Waals surface area (Å²) in [6.45, 7) is 14.8. The zero-order valence-corrected chi connectivity index (χ0v) is 21.6. The number of aromatic amines is 1. The van der Waals surface area contributed by atoms with E-state index in [1.807, 2.05) is 35.4 Å². The van der Waals surface area contributed by atoms with Gasteiger partial charge >= 0.3 is 5.69 Å². The number of benzene rings is 1. The first-order valence-electron chi connectivity index (χ1n) is 11.5. The van der Waals surface area contributed by atoms with Crippen LogP contribution in [0.2, 0.25) is 18.1 Å². The molecular weight excluding hydrogens is 438 g/mol. The monoisotopic (exact) mass is 475 g/mol. The van der Waals surface area contributed by atoms with Crippen molar-refractivity contribution in [1.82, 2.24) is 14.6 Å². The molecule has 2 aromatic rings.